The number of fused-ring (bicyclic) bond motifs is 3. The fourth-order valence-electron chi connectivity index (χ4n) is 3.80. The van der Waals surface area contributed by atoms with Gasteiger partial charge in [-0.05, 0) is 48.6 Å². The molecule has 0 saturated heterocycles. The highest BCUT2D eigenvalue weighted by molar-refractivity contribution is 5.77. The number of benzene rings is 2. The predicted octanol–water partition coefficient (Wildman–Crippen LogP) is 4.75. The van der Waals surface area contributed by atoms with E-state index in [0.717, 1.165) is 41.2 Å². The summed E-state index contributed by atoms with van der Waals surface area (Å²) in [5.41, 5.74) is 9.04. The summed E-state index contributed by atoms with van der Waals surface area (Å²) in [4.78, 5) is 17.4. The molecule has 5 rings (SSSR count). The van der Waals surface area contributed by atoms with E-state index in [0.29, 0.717) is 0 Å². The lowest BCUT2D eigenvalue weighted by Gasteiger charge is -2.21. The van der Waals surface area contributed by atoms with Crippen molar-refractivity contribution >= 4 is 11.5 Å². The van der Waals surface area contributed by atoms with Crippen LogP contribution in [0.2, 0.25) is 0 Å². The quantitative estimate of drug-likeness (QED) is 0.567. The summed E-state index contributed by atoms with van der Waals surface area (Å²) in [6.07, 6.45) is 8.80. The Morgan fingerprint density at radius 2 is 1.71 bits per heavy atom. The molecule has 0 fully saturated rings. The van der Waals surface area contributed by atoms with Crippen molar-refractivity contribution in [2.24, 2.45) is 0 Å². The van der Waals surface area contributed by atoms with Crippen molar-refractivity contribution in [2.75, 3.05) is 5.32 Å². The highest BCUT2D eigenvalue weighted by Crippen LogP contribution is 2.36. The van der Waals surface area contributed by atoms with Crippen LogP contribution in [0.1, 0.15) is 16.7 Å². The second kappa shape index (κ2) is 6.85. The Bertz CT molecular complexity index is 1150. The molecule has 1 aliphatic rings. The third-order valence-electron chi connectivity index (χ3n) is 5.23. The zero-order valence-electron chi connectivity index (χ0n) is 15.6. The van der Waals surface area contributed by atoms with Gasteiger partial charge in [-0.2, -0.15) is 0 Å². The Hall–Kier alpha value is -3.60. The molecule has 1 aliphatic carbocycles. The highest BCUT2D eigenvalue weighted by Gasteiger charge is 2.20. The molecule has 2 heterocycles. The van der Waals surface area contributed by atoms with Gasteiger partial charge in [-0.1, -0.05) is 30.3 Å². The first-order valence-electron chi connectivity index (χ1n) is 9.35. The second-order valence-corrected chi connectivity index (χ2v) is 6.99. The van der Waals surface area contributed by atoms with E-state index in [1.165, 1.54) is 22.3 Å². The third-order valence-corrected chi connectivity index (χ3v) is 5.23. The van der Waals surface area contributed by atoms with Crippen molar-refractivity contribution in [3.63, 3.8) is 0 Å². The molecule has 0 atom stereocenters. The van der Waals surface area contributed by atoms with Crippen molar-refractivity contribution in [3.8, 4) is 22.4 Å². The summed E-state index contributed by atoms with van der Waals surface area (Å²) in [5, 5.41) is 3.51. The molecule has 0 saturated carbocycles. The van der Waals surface area contributed by atoms with E-state index < -0.39 is 0 Å². The van der Waals surface area contributed by atoms with Gasteiger partial charge in [-0.3, -0.25) is 0 Å². The number of rotatable bonds is 3. The Kier molecular flexibility index (Phi) is 4.05. The lowest BCUT2D eigenvalue weighted by atomic mass is 9.89. The smallest absolute Gasteiger partial charge is 0.137 e. The molecule has 4 aromatic rings. The van der Waals surface area contributed by atoms with Crippen LogP contribution in [0.25, 0.3) is 22.4 Å². The van der Waals surface area contributed by atoms with Gasteiger partial charge in [0.2, 0.25) is 0 Å². The molecular weight excluding hydrogens is 346 g/mol. The van der Waals surface area contributed by atoms with E-state index in [9.17, 15) is 0 Å². The summed E-state index contributed by atoms with van der Waals surface area (Å²) in [6.45, 7) is 2.09. The standard InChI is InChI=1S/C23H19N5/c1-15-6-8-18(10-21(15)17-11-24-13-25-12-17)28-23-20-9-7-16-4-2-3-5-19(16)22(20)26-14-27-23/h2-6,8,10-14H,7,9H2,1H3,(H,26,27,28). The maximum Gasteiger partial charge on any atom is 0.137 e. The van der Waals surface area contributed by atoms with Gasteiger partial charge in [0.05, 0.1) is 5.69 Å². The molecule has 2 aromatic carbocycles. The van der Waals surface area contributed by atoms with Crippen LogP contribution >= 0.6 is 0 Å². The molecule has 0 amide bonds. The Labute approximate surface area is 163 Å². The molecule has 0 bridgehead atoms. The van der Waals surface area contributed by atoms with Crippen LogP contribution in [0.15, 0.2) is 67.5 Å². The largest absolute Gasteiger partial charge is 0.340 e. The second-order valence-electron chi connectivity index (χ2n) is 6.99. The maximum atomic E-state index is 4.57. The van der Waals surface area contributed by atoms with Gasteiger partial charge in [0, 0.05) is 34.8 Å². The summed E-state index contributed by atoms with van der Waals surface area (Å²) in [5.74, 6) is 0.874. The van der Waals surface area contributed by atoms with Gasteiger partial charge in [0.15, 0.2) is 0 Å². The van der Waals surface area contributed by atoms with E-state index in [-0.39, 0.29) is 0 Å². The average Bonchev–Trinajstić information content (AvgIpc) is 2.76. The van der Waals surface area contributed by atoms with E-state index in [1.807, 2.05) is 12.4 Å². The van der Waals surface area contributed by atoms with Crippen molar-refractivity contribution in [1.82, 2.24) is 19.9 Å². The van der Waals surface area contributed by atoms with E-state index in [4.69, 9.17) is 0 Å². The van der Waals surface area contributed by atoms with Crippen molar-refractivity contribution in [1.29, 1.82) is 0 Å². The number of nitrogens with one attached hydrogen (secondary N) is 1. The Balaban J connectivity index is 1.54. The van der Waals surface area contributed by atoms with Crippen molar-refractivity contribution in [3.05, 3.63) is 84.2 Å². The van der Waals surface area contributed by atoms with Gasteiger partial charge < -0.3 is 5.32 Å². The lowest BCUT2D eigenvalue weighted by Crippen LogP contribution is -2.10. The van der Waals surface area contributed by atoms with Gasteiger partial charge in [0.1, 0.15) is 18.5 Å². The fraction of sp³-hybridized carbons (Fsp3) is 0.130. The van der Waals surface area contributed by atoms with Gasteiger partial charge >= 0.3 is 0 Å². The normalized spacial score (nSPS) is 12.2. The molecule has 0 spiro atoms. The molecule has 5 nitrogen and oxygen atoms in total. The molecule has 1 N–H and O–H groups in total. The predicted molar refractivity (Wildman–Crippen MR) is 110 cm³/mol. The monoisotopic (exact) mass is 365 g/mol. The molecule has 0 radical (unpaired) electrons. The first kappa shape index (κ1) is 16.6. The minimum atomic E-state index is 0.874. The first-order chi connectivity index (χ1) is 13.8. The van der Waals surface area contributed by atoms with Crippen LogP contribution < -0.4 is 5.32 Å². The van der Waals surface area contributed by atoms with E-state index >= 15 is 0 Å². The number of nitrogens with zero attached hydrogens (tertiary/aromatic N) is 4. The number of hydrogen-bond acceptors (Lipinski definition) is 5. The summed E-state index contributed by atoms with van der Waals surface area (Å²) in [6, 6.07) is 14.8. The molecule has 0 unspecified atom stereocenters. The average molecular weight is 365 g/mol. The Morgan fingerprint density at radius 3 is 2.61 bits per heavy atom. The number of aryl methyl sites for hydroxylation is 2. The minimum Gasteiger partial charge on any atom is -0.340 e. The van der Waals surface area contributed by atoms with Gasteiger partial charge in [0.25, 0.3) is 0 Å². The number of hydrogen-bond donors (Lipinski definition) is 1. The van der Waals surface area contributed by atoms with Crippen LogP contribution in [0.5, 0.6) is 0 Å². The van der Waals surface area contributed by atoms with E-state index in [1.54, 1.807) is 12.7 Å². The van der Waals surface area contributed by atoms with Crippen molar-refractivity contribution in [2.45, 2.75) is 19.8 Å². The zero-order valence-corrected chi connectivity index (χ0v) is 15.6. The maximum absolute atomic E-state index is 4.57. The minimum absolute atomic E-state index is 0.874. The van der Waals surface area contributed by atoms with E-state index in [2.05, 4.69) is 74.6 Å². The molecule has 5 heteroatoms. The van der Waals surface area contributed by atoms with Gasteiger partial charge in [-0.25, -0.2) is 19.9 Å². The van der Waals surface area contributed by atoms with Crippen molar-refractivity contribution < 1.29 is 0 Å². The molecule has 2 aromatic heterocycles. The summed E-state index contributed by atoms with van der Waals surface area (Å²) in [7, 11) is 0. The van der Waals surface area contributed by atoms with Gasteiger partial charge in [-0.15, -0.1) is 0 Å². The zero-order chi connectivity index (χ0) is 18.9. The number of aromatic nitrogens is 4. The van der Waals surface area contributed by atoms with Crippen LogP contribution in [0, 0.1) is 6.92 Å². The molecule has 0 aliphatic heterocycles. The third kappa shape index (κ3) is 2.91. The molecular formula is C23H19N5. The van der Waals surface area contributed by atoms with Crippen LogP contribution in [-0.2, 0) is 12.8 Å². The fourth-order valence-corrected chi connectivity index (χ4v) is 3.80. The van der Waals surface area contributed by atoms with Crippen LogP contribution in [-0.4, -0.2) is 19.9 Å². The molecule has 136 valence electrons. The lowest BCUT2D eigenvalue weighted by molar-refractivity contribution is 0.914. The molecule has 28 heavy (non-hydrogen) atoms. The van der Waals surface area contributed by atoms with Crippen LogP contribution in [0.3, 0.4) is 0 Å². The summed E-state index contributed by atoms with van der Waals surface area (Å²) < 4.78 is 0. The SMILES string of the molecule is Cc1ccc(Nc2ncnc3c2CCc2ccccc2-3)cc1-c1cncnc1. The first-order valence-corrected chi connectivity index (χ1v) is 9.35. The number of anilines is 2. The highest BCUT2D eigenvalue weighted by atomic mass is 15.0. The topological polar surface area (TPSA) is 63.6 Å². The summed E-state index contributed by atoms with van der Waals surface area (Å²) >= 11 is 0. The van der Waals surface area contributed by atoms with Crippen LogP contribution in [0.4, 0.5) is 11.5 Å². The Morgan fingerprint density at radius 1 is 0.857 bits per heavy atom.